The highest BCUT2D eigenvalue weighted by molar-refractivity contribution is 6.33. The molecule has 0 radical (unpaired) electrons. The summed E-state index contributed by atoms with van der Waals surface area (Å²) in [6, 6.07) is 3.79. The molecular weight excluding hydrogens is 277 g/mol. The minimum absolute atomic E-state index is 0.116. The van der Waals surface area contributed by atoms with Gasteiger partial charge in [0.25, 0.3) is 5.92 Å². The Hall–Kier alpha value is -1.62. The van der Waals surface area contributed by atoms with Crippen molar-refractivity contribution >= 4 is 11.6 Å². The fraction of sp³-hybridized carbons (Fsp3) is 0.231. The van der Waals surface area contributed by atoms with Gasteiger partial charge in [0.15, 0.2) is 0 Å². The molecule has 0 atom stereocenters. The molecule has 2 aromatic rings. The second-order valence-electron chi connectivity index (χ2n) is 4.20. The number of benzene rings is 1. The summed E-state index contributed by atoms with van der Waals surface area (Å²) in [5.41, 5.74) is 0.514. The zero-order valence-electron chi connectivity index (χ0n) is 10.2. The maximum Gasteiger partial charge on any atom is 0.288 e. The lowest BCUT2D eigenvalue weighted by Gasteiger charge is -2.13. The van der Waals surface area contributed by atoms with Crippen molar-refractivity contribution < 1.29 is 13.2 Å². The van der Waals surface area contributed by atoms with E-state index in [0.29, 0.717) is 11.3 Å². The minimum Gasteiger partial charge on any atom is -0.251 e. The van der Waals surface area contributed by atoms with E-state index in [0.717, 1.165) is 13.0 Å². The molecule has 0 unspecified atom stereocenters. The largest absolute Gasteiger partial charge is 0.288 e. The van der Waals surface area contributed by atoms with E-state index in [4.69, 9.17) is 11.6 Å². The quantitative estimate of drug-likeness (QED) is 0.820. The van der Waals surface area contributed by atoms with Gasteiger partial charge >= 0.3 is 0 Å². The van der Waals surface area contributed by atoms with E-state index in [-0.39, 0.29) is 16.4 Å². The van der Waals surface area contributed by atoms with Gasteiger partial charge in [-0.05, 0) is 25.1 Å². The van der Waals surface area contributed by atoms with Crippen LogP contribution in [0.15, 0.2) is 24.4 Å². The summed E-state index contributed by atoms with van der Waals surface area (Å²) < 4.78 is 39.4. The third-order valence-corrected chi connectivity index (χ3v) is 2.88. The predicted octanol–water partition coefficient (Wildman–Crippen LogP) is 4.36. The van der Waals surface area contributed by atoms with Gasteiger partial charge < -0.3 is 0 Å². The first kappa shape index (κ1) is 13.8. The topological polar surface area (TPSA) is 25.8 Å². The number of alkyl halides is 2. The molecule has 2 rings (SSSR count). The van der Waals surface area contributed by atoms with E-state index < -0.39 is 11.7 Å². The Morgan fingerprint density at radius 2 is 1.95 bits per heavy atom. The van der Waals surface area contributed by atoms with Gasteiger partial charge in [-0.15, -0.1) is 0 Å². The number of rotatable bonds is 2. The number of hydrogen-bond acceptors (Lipinski definition) is 2. The summed E-state index contributed by atoms with van der Waals surface area (Å²) in [5.74, 6) is -3.53. The predicted molar refractivity (Wildman–Crippen MR) is 66.7 cm³/mol. The lowest BCUT2D eigenvalue weighted by Crippen LogP contribution is -2.13. The molecule has 0 fully saturated rings. The van der Waals surface area contributed by atoms with Crippen LogP contribution in [0.1, 0.15) is 18.3 Å². The summed E-state index contributed by atoms with van der Waals surface area (Å²) in [7, 11) is 0. The Morgan fingerprint density at radius 1 is 1.26 bits per heavy atom. The van der Waals surface area contributed by atoms with Gasteiger partial charge in [-0.2, -0.15) is 8.78 Å². The lowest BCUT2D eigenvalue weighted by molar-refractivity contribution is 0.0116. The van der Waals surface area contributed by atoms with Gasteiger partial charge in [-0.1, -0.05) is 11.6 Å². The van der Waals surface area contributed by atoms with Gasteiger partial charge in [0.1, 0.15) is 11.5 Å². The molecule has 0 aliphatic carbocycles. The third-order valence-electron chi connectivity index (χ3n) is 2.57. The van der Waals surface area contributed by atoms with Crippen LogP contribution in [0, 0.1) is 12.7 Å². The molecule has 0 aliphatic rings. The average molecular weight is 287 g/mol. The number of hydrogen-bond donors (Lipinski definition) is 0. The zero-order chi connectivity index (χ0) is 14.2. The second kappa shape index (κ2) is 4.81. The standard InChI is InChI=1S/C13H10ClF3N2/c1-7-12(13(2,16)17)18-6-11(19-7)9-4-3-8(15)5-10(9)14/h3-6H,1-2H3. The average Bonchev–Trinajstić information content (AvgIpc) is 2.26. The first-order valence-electron chi connectivity index (χ1n) is 5.46. The Kier molecular flexibility index (Phi) is 3.49. The SMILES string of the molecule is Cc1nc(-c2ccc(F)cc2Cl)cnc1C(C)(F)F. The van der Waals surface area contributed by atoms with Crippen molar-refractivity contribution in [3.8, 4) is 11.3 Å². The molecule has 1 aromatic heterocycles. The fourth-order valence-electron chi connectivity index (χ4n) is 1.74. The molecule has 1 heterocycles. The van der Waals surface area contributed by atoms with Crippen LogP contribution < -0.4 is 0 Å². The van der Waals surface area contributed by atoms with Crippen LogP contribution in [0.4, 0.5) is 13.2 Å². The molecule has 2 nitrogen and oxygen atoms in total. The van der Waals surface area contributed by atoms with Crippen LogP contribution in [0.3, 0.4) is 0 Å². The molecule has 0 aliphatic heterocycles. The summed E-state index contributed by atoms with van der Waals surface area (Å²) in [4.78, 5) is 7.78. The summed E-state index contributed by atoms with van der Waals surface area (Å²) >= 11 is 5.89. The molecule has 1 aromatic carbocycles. The van der Waals surface area contributed by atoms with Crippen molar-refractivity contribution in [3.05, 3.63) is 46.6 Å². The highest BCUT2D eigenvalue weighted by Crippen LogP contribution is 2.30. The first-order chi connectivity index (χ1) is 8.79. The number of nitrogens with zero attached hydrogens (tertiary/aromatic N) is 2. The second-order valence-corrected chi connectivity index (χ2v) is 4.61. The number of aryl methyl sites for hydroxylation is 1. The highest BCUT2D eigenvalue weighted by atomic mass is 35.5. The van der Waals surface area contributed by atoms with Crippen molar-refractivity contribution in [2.75, 3.05) is 0 Å². The molecule has 0 N–H and O–H groups in total. The van der Waals surface area contributed by atoms with Crippen molar-refractivity contribution in [1.29, 1.82) is 0 Å². The molecule has 0 amide bonds. The van der Waals surface area contributed by atoms with Crippen LogP contribution in [-0.4, -0.2) is 9.97 Å². The zero-order valence-corrected chi connectivity index (χ0v) is 11.0. The Bertz CT molecular complexity index is 624. The van der Waals surface area contributed by atoms with E-state index in [1.807, 2.05) is 0 Å². The normalized spacial score (nSPS) is 11.7. The monoisotopic (exact) mass is 286 g/mol. The van der Waals surface area contributed by atoms with E-state index >= 15 is 0 Å². The molecule has 100 valence electrons. The summed E-state index contributed by atoms with van der Waals surface area (Å²) in [6.07, 6.45) is 1.21. The van der Waals surface area contributed by atoms with Gasteiger partial charge in [0, 0.05) is 12.5 Å². The smallest absolute Gasteiger partial charge is 0.251 e. The van der Waals surface area contributed by atoms with Crippen molar-refractivity contribution in [1.82, 2.24) is 9.97 Å². The van der Waals surface area contributed by atoms with Gasteiger partial charge in [-0.25, -0.2) is 9.37 Å². The Labute approximate surface area is 113 Å². The third kappa shape index (κ3) is 2.87. The maximum atomic E-state index is 13.2. The van der Waals surface area contributed by atoms with Crippen LogP contribution in [0.2, 0.25) is 5.02 Å². The van der Waals surface area contributed by atoms with E-state index in [1.54, 1.807) is 0 Å². The van der Waals surface area contributed by atoms with Crippen molar-refractivity contribution in [3.63, 3.8) is 0 Å². The first-order valence-corrected chi connectivity index (χ1v) is 5.84. The minimum atomic E-state index is -3.05. The molecular formula is C13H10ClF3N2. The van der Waals surface area contributed by atoms with Crippen LogP contribution in [0.25, 0.3) is 11.3 Å². The van der Waals surface area contributed by atoms with Crippen molar-refractivity contribution in [2.24, 2.45) is 0 Å². The Morgan fingerprint density at radius 3 is 2.47 bits per heavy atom. The summed E-state index contributed by atoms with van der Waals surface area (Å²) in [6.45, 7) is 2.20. The molecule has 19 heavy (non-hydrogen) atoms. The number of halogens is 4. The molecule has 0 bridgehead atoms. The highest BCUT2D eigenvalue weighted by Gasteiger charge is 2.29. The van der Waals surface area contributed by atoms with Gasteiger partial charge in [0.2, 0.25) is 0 Å². The van der Waals surface area contributed by atoms with Crippen LogP contribution in [-0.2, 0) is 5.92 Å². The van der Waals surface area contributed by atoms with E-state index in [2.05, 4.69) is 9.97 Å². The van der Waals surface area contributed by atoms with Gasteiger partial charge in [0.05, 0.1) is 22.6 Å². The lowest BCUT2D eigenvalue weighted by atomic mass is 10.1. The molecule has 6 heteroatoms. The van der Waals surface area contributed by atoms with E-state index in [1.165, 1.54) is 25.3 Å². The van der Waals surface area contributed by atoms with Crippen LogP contribution in [0.5, 0.6) is 0 Å². The summed E-state index contributed by atoms with van der Waals surface area (Å²) in [5, 5.41) is 0.157. The Balaban J connectivity index is 2.51. The van der Waals surface area contributed by atoms with Gasteiger partial charge in [-0.3, -0.25) is 4.98 Å². The van der Waals surface area contributed by atoms with E-state index in [9.17, 15) is 13.2 Å². The molecule has 0 saturated heterocycles. The number of aromatic nitrogens is 2. The maximum absolute atomic E-state index is 13.2. The molecule has 0 spiro atoms. The van der Waals surface area contributed by atoms with Crippen LogP contribution >= 0.6 is 11.6 Å². The molecule has 0 saturated carbocycles. The fourth-order valence-corrected chi connectivity index (χ4v) is 2.00. The van der Waals surface area contributed by atoms with Crippen molar-refractivity contribution in [2.45, 2.75) is 19.8 Å².